The molecule has 2 heterocycles. The molecular formula is C22H23F3N3O3+. The zero-order valence-corrected chi connectivity index (χ0v) is 17.0. The number of hydrogen-bond acceptors (Lipinski definition) is 4. The van der Waals surface area contributed by atoms with Gasteiger partial charge in [0.25, 0.3) is 5.91 Å². The van der Waals surface area contributed by atoms with Crippen LogP contribution >= 0.6 is 0 Å². The second-order valence-corrected chi connectivity index (χ2v) is 7.72. The molecule has 0 aromatic heterocycles. The molecule has 9 heteroatoms. The van der Waals surface area contributed by atoms with E-state index in [1.165, 1.54) is 12.1 Å². The number of halogens is 3. The Labute approximate surface area is 177 Å². The van der Waals surface area contributed by atoms with Gasteiger partial charge in [0, 0.05) is 5.69 Å². The van der Waals surface area contributed by atoms with Crippen LogP contribution in [-0.4, -0.2) is 51.1 Å². The summed E-state index contributed by atoms with van der Waals surface area (Å²) < 4.78 is 44.3. The molecule has 0 saturated carbocycles. The van der Waals surface area contributed by atoms with Gasteiger partial charge in [0.15, 0.2) is 6.04 Å². The predicted molar refractivity (Wildman–Crippen MR) is 108 cm³/mol. The van der Waals surface area contributed by atoms with Crippen LogP contribution < -0.4 is 19.4 Å². The van der Waals surface area contributed by atoms with Crippen LogP contribution in [0.15, 0.2) is 48.5 Å². The molecule has 0 bridgehead atoms. The van der Waals surface area contributed by atoms with Crippen molar-refractivity contribution in [2.45, 2.75) is 18.6 Å². The molecule has 2 saturated heterocycles. The molecule has 164 valence electrons. The molecule has 2 amide bonds. The Balaban J connectivity index is 1.44. The first-order valence-electron chi connectivity index (χ1n) is 10.1. The summed E-state index contributed by atoms with van der Waals surface area (Å²) in [6.07, 6.45) is -4.53. The molecule has 0 unspecified atom stereocenters. The van der Waals surface area contributed by atoms with Gasteiger partial charge in [-0.05, 0) is 42.5 Å². The summed E-state index contributed by atoms with van der Waals surface area (Å²) in [5, 5.41) is 0. The van der Waals surface area contributed by atoms with E-state index in [1.807, 2.05) is 24.3 Å². The molecule has 0 aliphatic carbocycles. The first-order chi connectivity index (χ1) is 14.8. The number of benzene rings is 2. The molecule has 2 fully saturated rings. The number of anilines is 2. The third kappa shape index (κ3) is 4.23. The summed E-state index contributed by atoms with van der Waals surface area (Å²) >= 11 is 0. The zero-order chi connectivity index (χ0) is 22.2. The molecule has 1 N–H and O–H groups in total. The smallest absolute Gasteiger partial charge is 0.416 e. The summed E-state index contributed by atoms with van der Waals surface area (Å²) in [7, 11) is 1.61. The fraction of sp³-hybridized carbons (Fsp3) is 0.364. The maximum absolute atomic E-state index is 13.0. The molecule has 2 aliphatic heterocycles. The minimum atomic E-state index is -4.54. The van der Waals surface area contributed by atoms with Crippen LogP contribution in [0.25, 0.3) is 0 Å². The summed E-state index contributed by atoms with van der Waals surface area (Å²) in [6.45, 7) is 2.74. The van der Waals surface area contributed by atoms with E-state index in [0.29, 0.717) is 26.2 Å². The monoisotopic (exact) mass is 434 g/mol. The number of rotatable bonds is 4. The Hall–Kier alpha value is -3.07. The second kappa shape index (κ2) is 8.22. The van der Waals surface area contributed by atoms with Crippen molar-refractivity contribution in [1.82, 2.24) is 0 Å². The highest BCUT2D eigenvalue weighted by atomic mass is 19.4. The van der Waals surface area contributed by atoms with Gasteiger partial charge in [-0.2, -0.15) is 13.2 Å². The Bertz CT molecular complexity index is 970. The fourth-order valence-electron chi connectivity index (χ4n) is 4.24. The molecular weight excluding hydrogens is 411 g/mol. The number of imide groups is 1. The highest BCUT2D eigenvalue weighted by molar-refractivity contribution is 6.21. The molecule has 31 heavy (non-hydrogen) atoms. The van der Waals surface area contributed by atoms with Crippen molar-refractivity contribution in [1.29, 1.82) is 0 Å². The number of methoxy groups -OCH3 is 1. The van der Waals surface area contributed by atoms with E-state index in [0.717, 1.165) is 33.4 Å². The van der Waals surface area contributed by atoms with Crippen molar-refractivity contribution < 1.29 is 32.4 Å². The molecule has 0 radical (unpaired) electrons. The van der Waals surface area contributed by atoms with Crippen LogP contribution in [0.3, 0.4) is 0 Å². The maximum Gasteiger partial charge on any atom is 0.416 e. The number of alkyl halides is 3. The van der Waals surface area contributed by atoms with E-state index < -0.39 is 29.6 Å². The lowest BCUT2D eigenvalue weighted by molar-refractivity contribution is -0.915. The quantitative estimate of drug-likeness (QED) is 0.746. The number of quaternary nitrogens is 1. The largest absolute Gasteiger partial charge is 0.497 e. The van der Waals surface area contributed by atoms with Crippen molar-refractivity contribution in [2.24, 2.45) is 0 Å². The number of ether oxygens (including phenoxy) is 1. The van der Waals surface area contributed by atoms with Gasteiger partial charge in [0.2, 0.25) is 5.91 Å². The number of nitrogens with zero attached hydrogens (tertiary/aromatic N) is 2. The van der Waals surface area contributed by atoms with Crippen molar-refractivity contribution in [3.05, 3.63) is 54.1 Å². The highest BCUT2D eigenvalue weighted by Gasteiger charge is 2.46. The standard InChI is InChI=1S/C22H22F3N3O3/c1-31-18-7-5-16(6-8-18)26-9-11-27(12-10-26)19-14-20(29)28(21(19)30)17-4-2-3-15(13-17)22(23,24)25/h2-8,13,19H,9-12,14H2,1H3/p+1/t19-/m1/s1. The normalized spacial score (nSPS) is 20.5. The van der Waals surface area contributed by atoms with Gasteiger partial charge >= 0.3 is 6.18 Å². The van der Waals surface area contributed by atoms with Gasteiger partial charge in [0.05, 0.1) is 51.0 Å². The Morgan fingerprint density at radius 1 is 1.00 bits per heavy atom. The van der Waals surface area contributed by atoms with Crippen molar-refractivity contribution in [2.75, 3.05) is 43.1 Å². The van der Waals surface area contributed by atoms with Gasteiger partial charge < -0.3 is 14.5 Å². The summed E-state index contributed by atoms with van der Waals surface area (Å²) in [6, 6.07) is 11.5. The first kappa shape index (κ1) is 21.2. The summed E-state index contributed by atoms with van der Waals surface area (Å²) in [4.78, 5) is 29.6. The van der Waals surface area contributed by atoms with Crippen molar-refractivity contribution in [3.63, 3.8) is 0 Å². The molecule has 2 aromatic rings. The first-order valence-corrected chi connectivity index (χ1v) is 10.1. The van der Waals surface area contributed by atoms with Crippen LogP contribution in [0.4, 0.5) is 24.5 Å². The summed E-state index contributed by atoms with van der Waals surface area (Å²) in [5.41, 5.74) is 0.150. The van der Waals surface area contributed by atoms with Gasteiger partial charge in [-0.25, -0.2) is 4.90 Å². The Kier molecular flexibility index (Phi) is 5.62. The summed E-state index contributed by atoms with van der Waals surface area (Å²) in [5.74, 6) is -0.116. The maximum atomic E-state index is 13.0. The predicted octanol–water partition coefficient (Wildman–Crippen LogP) is 1.75. The van der Waals surface area contributed by atoms with Crippen molar-refractivity contribution >= 4 is 23.2 Å². The molecule has 6 nitrogen and oxygen atoms in total. The van der Waals surface area contributed by atoms with Crippen LogP contribution in [0.1, 0.15) is 12.0 Å². The lowest BCUT2D eigenvalue weighted by Gasteiger charge is -2.35. The molecule has 2 aliphatic rings. The van der Waals surface area contributed by atoms with E-state index >= 15 is 0 Å². The lowest BCUT2D eigenvalue weighted by Crippen LogP contribution is -3.19. The van der Waals surface area contributed by atoms with E-state index in [-0.39, 0.29) is 12.1 Å². The third-order valence-corrected chi connectivity index (χ3v) is 5.91. The SMILES string of the molecule is COc1ccc(N2CC[NH+]([C@@H]3CC(=O)N(c4cccc(C(F)(F)F)c4)C3=O)CC2)cc1. The fourth-order valence-corrected chi connectivity index (χ4v) is 4.24. The van der Waals surface area contributed by atoms with Gasteiger partial charge in [-0.15, -0.1) is 0 Å². The molecule has 2 aromatic carbocycles. The van der Waals surface area contributed by atoms with Gasteiger partial charge in [-0.3, -0.25) is 9.59 Å². The van der Waals surface area contributed by atoms with Gasteiger partial charge in [0.1, 0.15) is 5.75 Å². The minimum absolute atomic E-state index is 0.00689. The van der Waals surface area contributed by atoms with E-state index in [9.17, 15) is 22.8 Å². The number of piperazine rings is 1. The number of hydrogen-bond donors (Lipinski definition) is 1. The van der Waals surface area contributed by atoms with Crippen LogP contribution in [0, 0.1) is 0 Å². The Morgan fingerprint density at radius 3 is 2.29 bits per heavy atom. The number of carbonyl (C=O) groups is 2. The number of nitrogens with one attached hydrogen (secondary N) is 1. The Morgan fingerprint density at radius 2 is 1.68 bits per heavy atom. The zero-order valence-electron chi connectivity index (χ0n) is 17.0. The highest BCUT2D eigenvalue weighted by Crippen LogP contribution is 2.33. The number of amides is 2. The second-order valence-electron chi connectivity index (χ2n) is 7.72. The lowest BCUT2D eigenvalue weighted by atomic mass is 10.1. The number of carbonyl (C=O) groups excluding carboxylic acids is 2. The van der Waals surface area contributed by atoms with E-state index in [4.69, 9.17) is 4.74 Å². The van der Waals surface area contributed by atoms with Crippen LogP contribution in [0.2, 0.25) is 0 Å². The van der Waals surface area contributed by atoms with E-state index in [2.05, 4.69) is 4.90 Å². The average Bonchev–Trinajstić information content (AvgIpc) is 3.07. The van der Waals surface area contributed by atoms with Gasteiger partial charge in [-0.1, -0.05) is 6.07 Å². The van der Waals surface area contributed by atoms with Crippen LogP contribution in [-0.2, 0) is 15.8 Å². The minimum Gasteiger partial charge on any atom is -0.497 e. The molecule has 0 spiro atoms. The average molecular weight is 434 g/mol. The third-order valence-electron chi connectivity index (χ3n) is 5.91. The van der Waals surface area contributed by atoms with E-state index in [1.54, 1.807) is 7.11 Å². The molecule has 4 rings (SSSR count). The van der Waals surface area contributed by atoms with Crippen molar-refractivity contribution in [3.8, 4) is 5.75 Å². The van der Waals surface area contributed by atoms with Crippen LogP contribution in [0.5, 0.6) is 5.75 Å². The topological polar surface area (TPSA) is 54.3 Å². The molecule has 1 atom stereocenters.